The number of benzene rings is 1. The lowest BCUT2D eigenvalue weighted by Crippen LogP contribution is -2.38. The van der Waals surface area contributed by atoms with Crippen molar-refractivity contribution in [3.8, 4) is 5.75 Å². The van der Waals surface area contributed by atoms with Gasteiger partial charge in [0.2, 0.25) is 0 Å². The fourth-order valence-corrected chi connectivity index (χ4v) is 2.89. The van der Waals surface area contributed by atoms with Crippen LogP contribution in [0.15, 0.2) is 24.3 Å². The zero-order valence-electron chi connectivity index (χ0n) is 11.4. The van der Waals surface area contributed by atoms with Gasteiger partial charge in [0.25, 0.3) is 0 Å². The third-order valence-corrected chi connectivity index (χ3v) is 4.12. The number of hydrogen-bond donors (Lipinski definition) is 2. The van der Waals surface area contributed by atoms with E-state index < -0.39 is 11.7 Å². The molecule has 1 saturated carbocycles. The van der Waals surface area contributed by atoms with Gasteiger partial charge in [0, 0.05) is 6.54 Å². The topological polar surface area (TPSA) is 73.6 Å². The fourth-order valence-electron chi connectivity index (χ4n) is 2.89. The predicted octanol–water partition coefficient (Wildman–Crippen LogP) is 1.90. The van der Waals surface area contributed by atoms with Crippen molar-refractivity contribution >= 4 is 6.09 Å². The number of nitrogens with one attached hydrogen (secondary N) is 1. The molecular weight excluding hydrogens is 256 g/mol. The Morgan fingerprint density at radius 2 is 2.00 bits per heavy atom. The van der Waals surface area contributed by atoms with Crippen LogP contribution in [0, 0.1) is 0 Å². The van der Waals surface area contributed by atoms with Gasteiger partial charge in [-0.3, -0.25) is 0 Å². The monoisotopic (exact) mass is 276 g/mol. The first kappa shape index (κ1) is 13.2. The number of rotatable bonds is 4. The highest BCUT2D eigenvalue weighted by Crippen LogP contribution is 2.30. The minimum Gasteiger partial charge on any atom is -0.490 e. The lowest BCUT2D eigenvalue weighted by molar-refractivity contribution is 0.0616. The SMILES string of the molecule is NCC1(c2ccc(OC3CCCC3)cc2)CNC(=O)O1. The zero-order valence-corrected chi connectivity index (χ0v) is 11.4. The Labute approximate surface area is 118 Å². The molecule has 1 amide bonds. The predicted molar refractivity (Wildman–Crippen MR) is 74.5 cm³/mol. The maximum Gasteiger partial charge on any atom is 0.408 e. The number of ether oxygens (including phenoxy) is 2. The number of hydrogen-bond acceptors (Lipinski definition) is 4. The fraction of sp³-hybridized carbons (Fsp3) is 0.533. The van der Waals surface area contributed by atoms with E-state index in [0.29, 0.717) is 12.6 Å². The molecule has 1 aromatic carbocycles. The van der Waals surface area contributed by atoms with E-state index in [4.69, 9.17) is 15.2 Å². The van der Waals surface area contributed by atoms with Crippen LogP contribution in [0.3, 0.4) is 0 Å². The van der Waals surface area contributed by atoms with Crippen LogP contribution in [0.2, 0.25) is 0 Å². The number of cyclic esters (lactones) is 1. The number of carbonyl (C=O) groups excluding carboxylic acids is 1. The molecule has 2 fully saturated rings. The van der Waals surface area contributed by atoms with Crippen LogP contribution in [0.25, 0.3) is 0 Å². The summed E-state index contributed by atoms with van der Waals surface area (Å²) >= 11 is 0. The van der Waals surface area contributed by atoms with Crippen molar-refractivity contribution in [2.24, 2.45) is 5.73 Å². The van der Waals surface area contributed by atoms with Gasteiger partial charge in [-0.15, -0.1) is 0 Å². The Hall–Kier alpha value is -1.75. The largest absolute Gasteiger partial charge is 0.490 e. The van der Waals surface area contributed by atoms with Crippen molar-refractivity contribution in [2.45, 2.75) is 37.4 Å². The van der Waals surface area contributed by atoms with Gasteiger partial charge < -0.3 is 20.5 Å². The summed E-state index contributed by atoms with van der Waals surface area (Å²) in [4.78, 5) is 11.3. The van der Waals surface area contributed by atoms with Gasteiger partial charge in [0.15, 0.2) is 5.60 Å². The highest BCUT2D eigenvalue weighted by molar-refractivity contribution is 5.70. The third-order valence-electron chi connectivity index (χ3n) is 4.12. The minimum atomic E-state index is -0.747. The molecule has 1 aromatic rings. The first-order valence-corrected chi connectivity index (χ1v) is 7.16. The van der Waals surface area contributed by atoms with E-state index in [1.165, 1.54) is 12.8 Å². The van der Waals surface area contributed by atoms with E-state index in [0.717, 1.165) is 24.2 Å². The summed E-state index contributed by atoms with van der Waals surface area (Å²) in [6.45, 7) is 0.666. The third kappa shape index (κ3) is 2.45. The summed E-state index contributed by atoms with van der Waals surface area (Å²) in [7, 11) is 0. The first-order chi connectivity index (χ1) is 9.72. The van der Waals surface area contributed by atoms with Crippen LogP contribution in [-0.2, 0) is 10.3 Å². The molecule has 0 bridgehead atoms. The summed E-state index contributed by atoms with van der Waals surface area (Å²) < 4.78 is 11.3. The van der Waals surface area contributed by atoms with Gasteiger partial charge in [-0.05, 0) is 43.4 Å². The van der Waals surface area contributed by atoms with Crippen molar-refractivity contribution in [3.63, 3.8) is 0 Å². The van der Waals surface area contributed by atoms with Gasteiger partial charge in [0.05, 0.1) is 12.6 Å². The molecule has 1 saturated heterocycles. The maximum absolute atomic E-state index is 11.3. The Morgan fingerprint density at radius 3 is 2.55 bits per heavy atom. The minimum absolute atomic E-state index is 0.259. The Bertz CT molecular complexity index is 482. The van der Waals surface area contributed by atoms with Crippen LogP contribution in [0.5, 0.6) is 5.75 Å². The van der Waals surface area contributed by atoms with Crippen molar-refractivity contribution in [1.82, 2.24) is 5.32 Å². The van der Waals surface area contributed by atoms with Crippen LogP contribution in [0.1, 0.15) is 31.2 Å². The normalized spacial score (nSPS) is 26.4. The number of carbonyl (C=O) groups is 1. The van der Waals surface area contributed by atoms with E-state index >= 15 is 0 Å². The van der Waals surface area contributed by atoms with Gasteiger partial charge >= 0.3 is 6.09 Å². The molecule has 5 heteroatoms. The summed E-state index contributed by atoms with van der Waals surface area (Å²) in [6, 6.07) is 7.71. The van der Waals surface area contributed by atoms with Crippen LogP contribution in [-0.4, -0.2) is 25.3 Å². The van der Waals surface area contributed by atoms with Crippen LogP contribution < -0.4 is 15.8 Å². The molecule has 3 rings (SSSR count). The van der Waals surface area contributed by atoms with E-state index in [1.807, 2.05) is 24.3 Å². The Balaban J connectivity index is 1.73. The first-order valence-electron chi connectivity index (χ1n) is 7.16. The summed E-state index contributed by atoms with van der Waals surface area (Å²) in [5, 5.41) is 2.66. The molecule has 0 spiro atoms. The second-order valence-corrected chi connectivity index (χ2v) is 5.49. The maximum atomic E-state index is 11.3. The lowest BCUT2D eigenvalue weighted by Gasteiger charge is -2.25. The lowest BCUT2D eigenvalue weighted by atomic mass is 9.94. The molecule has 3 N–H and O–H groups in total. The number of nitrogens with two attached hydrogens (primary N) is 1. The molecule has 0 aromatic heterocycles. The van der Waals surface area contributed by atoms with Crippen molar-refractivity contribution < 1.29 is 14.3 Å². The van der Waals surface area contributed by atoms with Gasteiger partial charge in [-0.1, -0.05) is 12.1 Å². The summed E-state index contributed by atoms with van der Waals surface area (Å²) in [5.41, 5.74) is 5.94. The quantitative estimate of drug-likeness (QED) is 0.881. The Morgan fingerprint density at radius 1 is 1.30 bits per heavy atom. The molecule has 1 aliphatic heterocycles. The second kappa shape index (κ2) is 5.32. The van der Waals surface area contributed by atoms with Crippen molar-refractivity contribution in [3.05, 3.63) is 29.8 Å². The highest BCUT2D eigenvalue weighted by atomic mass is 16.6. The average molecular weight is 276 g/mol. The summed E-state index contributed by atoms with van der Waals surface area (Å²) in [5.74, 6) is 0.866. The van der Waals surface area contributed by atoms with Gasteiger partial charge in [-0.2, -0.15) is 0 Å². The molecular formula is C15H20N2O3. The molecule has 0 radical (unpaired) electrons. The van der Waals surface area contributed by atoms with Crippen LogP contribution >= 0.6 is 0 Å². The molecule has 20 heavy (non-hydrogen) atoms. The van der Waals surface area contributed by atoms with E-state index in [2.05, 4.69) is 5.32 Å². The molecule has 5 nitrogen and oxygen atoms in total. The van der Waals surface area contributed by atoms with E-state index in [1.54, 1.807) is 0 Å². The van der Waals surface area contributed by atoms with E-state index in [9.17, 15) is 4.79 Å². The molecule has 1 aliphatic carbocycles. The average Bonchev–Trinajstić information content (AvgIpc) is 3.10. The van der Waals surface area contributed by atoms with Crippen LogP contribution in [0.4, 0.5) is 4.79 Å². The molecule has 1 unspecified atom stereocenters. The molecule has 1 heterocycles. The standard InChI is InChI=1S/C15H20N2O3/c16-9-15(10-17-14(18)20-15)11-5-7-13(8-6-11)19-12-3-1-2-4-12/h5-8,12H,1-4,9-10,16H2,(H,17,18). The molecule has 2 aliphatic rings. The second-order valence-electron chi connectivity index (χ2n) is 5.49. The summed E-state index contributed by atoms with van der Waals surface area (Å²) in [6.07, 6.45) is 4.70. The molecule has 1 atom stereocenters. The molecule has 108 valence electrons. The Kier molecular flexibility index (Phi) is 3.53. The van der Waals surface area contributed by atoms with Gasteiger partial charge in [-0.25, -0.2) is 4.79 Å². The van der Waals surface area contributed by atoms with Crippen molar-refractivity contribution in [2.75, 3.05) is 13.1 Å². The van der Waals surface area contributed by atoms with Crippen molar-refractivity contribution in [1.29, 1.82) is 0 Å². The highest BCUT2D eigenvalue weighted by Gasteiger charge is 2.40. The number of amides is 1. The van der Waals surface area contributed by atoms with Gasteiger partial charge in [0.1, 0.15) is 5.75 Å². The van der Waals surface area contributed by atoms with E-state index in [-0.39, 0.29) is 6.54 Å². The smallest absolute Gasteiger partial charge is 0.408 e. The number of alkyl carbamates (subject to hydrolysis) is 1. The zero-order chi connectivity index (χ0) is 14.0.